The minimum Gasteiger partial charge on any atom is -0.327 e. The highest BCUT2D eigenvalue weighted by Crippen LogP contribution is 2.31. The molecule has 0 atom stereocenters. The van der Waals surface area contributed by atoms with Gasteiger partial charge in [-0.1, -0.05) is 23.2 Å². The van der Waals surface area contributed by atoms with Crippen LogP contribution in [0.5, 0.6) is 0 Å². The van der Waals surface area contributed by atoms with Crippen LogP contribution in [0.25, 0.3) is 11.0 Å². The highest BCUT2D eigenvalue weighted by Gasteiger charge is 2.18. The molecule has 1 aromatic heterocycles. The lowest BCUT2D eigenvalue weighted by molar-refractivity contribution is 0.417. The molecule has 2 heterocycles. The summed E-state index contributed by atoms with van der Waals surface area (Å²) in [5.74, 6) is 4.51. The van der Waals surface area contributed by atoms with Gasteiger partial charge in [-0.3, -0.25) is 0 Å². The second kappa shape index (κ2) is 6.35. The highest BCUT2D eigenvalue weighted by atomic mass is 35.5. The van der Waals surface area contributed by atoms with Gasteiger partial charge in [0.25, 0.3) is 0 Å². The fourth-order valence-corrected chi connectivity index (χ4v) is 4.39. The largest absolute Gasteiger partial charge is 0.327 e. The molecule has 0 aliphatic carbocycles. The summed E-state index contributed by atoms with van der Waals surface area (Å²) in [5, 5.41) is 1.11. The maximum Gasteiger partial charge on any atom is 0.124 e. The van der Waals surface area contributed by atoms with Crippen molar-refractivity contribution in [2.75, 3.05) is 11.5 Å². The molecular formula is C14H15Cl3N2S. The van der Waals surface area contributed by atoms with E-state index in [1.54, 1.807) is 0 Å². The SMILES string of the molecule is ClCc1nc2cc(Cl)c(Cl)cc2n1CC1CCSCC1. The second-order valence-electron chi connectivity index (χ2n) is 5.08. The van der Waals surface area contributed by atoms with Crippen molar-refractivity contribution in [1.29, 1.82) is 0 Å². The van der Waals surface area contributed by atoms with E-state index in [-0.39, 0.29) is 0 Å². The average molecular weight is 350 g/mol. The third-order valence-electron chi connectivity index (χ3n) is 3.77. The fourth-order valence-electron chi connectivity index (χ4n) is 2.66. The van der Waals surface area contributed by atoms with E-state index in [9.17, 15) is 0 Å². The molecule has 0 bridgehead atoms. The molecule has 0 radical (unpaired) electrons. The van der Waals surface area contributed by atoms with Crippen LogP contribution in [-0.2, 0) is 12.4 Å². The molecule has 1 aliphatic rings. The molecule has 1 aromatic carbocycles. The number of nitrogens with zero attached hydrogens (tertiary/aromatic N) is 2. The van der Waals surface area contributed by atoms with Gasteiger partial charge in [0.2, 0.25) is 0 Å². The van der Waals surface area contributed by atoms with Crippen LogP contribution in [0.3, 0.4) is 0 Å². The van der Waals surface area contributed by atoms with E-state index < -0.39 is 0 Å². The van der Waals surface area contributed by atoms with Crippen molar-refractivity contribution >= 4 is 57.6 Å². The number of fused-ring (bicyclic) bond motifs is 1. The molecule has 0 spiro atoms. The van der Waals surface area contributed by atoms with E-state index in [0.29, 0.717) is 21.8 Å². The Morgan fingerprint density at radius 3 is 2.60 bits per heavy atom. The van der Waals surface area contributed by atoms with Gasteiger partial charge in [-0.25, -0.2) is 4.98 Å². The van der Waals surface area contributed by atoms with Crippen molar-refractivity contribution in [2.24, 2.45) is 5.92 Å². The van der Waals surface area contributed by atoms with Crippen LogP contribution in [0, 0.1) is 5.92 Å². The standard InChI is InChI=1S/C14H15Cl3N2S/c15-7-14-18-12-5-10(16)11(17)6-13(12)19(14)8-9-1-3-20-4-2-9/h5-6,9H,1-4,7-8H2. The first kappa shape index (κ1) is 14.8. The summed E-state index contributed by atoms with van der Waals surface area (Å²) >= 11 is 20.3. The van der Waals surface area contributed by atoms with E-state index in [1.165, 1.54) is 24.3 Å². The monoisotopic (exact) mass is 348 g/mol. The Morgan fingerprint density at radius 1 is 1.20 bits per heavy atom. The molecule has 0 N–H and O–H groups in total. The predicted octanol–water partition coefficient (Wildman–Crippen LogP) is 5.23. The topological polar surface area (TPSA) is 17.8 Å². The molecule has 20 heavy (non-hydrogen) atoms. The predicted molar refractivity (Wildman–Crippen MR) is 89.4 cm³/mol. The molecule has 1 fully saturated rings. The van der Waals surface area contributed by atoms with Crippen LogP contribution in [0.2, 0.25) is 10.0 Å². The Hall–Kier alpha value is -0.0900. The first-order valence-electron chi connectivity index (χ1n) is 6.67. The fraction of sp³-hybridized carbons (Fsp3) is 0.500. The van der Waals surface area contributed by atoms with Gasteiger partial charge in [-0.15, -0.1) is 11.6 Å². The normalized spacial score (nSPS) is 16.9. The minimum atomic E-state index is 0.408. The minimum absolute atomic E-state index is 0.408. The van der Waals surface area contributed by atoms with Gasteiger partial charge in [0.05, 0.1) is 27.0 Å². The first-order chi connectivity index (χ1) is 9.69. The van der Waals surface area contributed by atoms with Crippen LogP contribution in [0.4, 0.5) is 0 Å². The van der Waals surface area contributed by atoms with Crippen LogP contribution in [0.1, 0.15) is 18.7 Å². The van der Waals surface area contributed by atoms with Crippen LogP contribution < -0.4 is 0 Å². The maximum atomic E-state index is 6.15. The van der Waals surface area contributed by atoms with E-state index in [0.717, 1.165) is 23.4 Å². The third kappa shape index (κ3) is 2.92. The molecule has 0 unspecified atom stereocenters. The number of aromatic nitrogens is 2. The molecule has 2 nitrogen and oxygen atoms in total. The number of rotatable bonds is 3. The molecule has 3 rings (SSSR count). The zero-order valence-electron chi connectivity index (χ0n) is 10.9. The molecule has 1 aliphatic heterocycles. The first-order valence-corrected chi connectivity index (χ1v) is 9.11. The van der Waals surface area contributed by atoms with Crippen LogP contribution in [-0.4, -0.2) is 21.1 Å². The van der Waals surface area contributed by atoms with Crippen molar-refractivity contribution in [1.82, 2.24) is 9.55 Å². The quantitative estimate of drug-likeness (QED) is 0.706. The molecule has 2 aromatic rings. The summed E-state index contributed by atoms with van der Waals surface area (Å²) in [6.07, 6.45) is 2.51. The van der Waals surface area contributed by atoms with E-state index in [1.807, 2.05) is 23.9 Å². The Morgan fingerprint density at radius 2 is 1.90 bits per heavy atom. The van der Waals surface area contributed by atoms with Gasteiger partial charge >= 0.3 is 0 Å². The van der Waals surface area contributed by atoms with Crippen molar-refractivity contribution < 1.29 is 0 Å². The summed E-state index contributed by atoms with van der Waals surface area (Å²) in [6, 6.07) is 3.72. The summed E-state index contributed by atoms with van der Waals surface area (Å²) in [7, 11) is 0. The zero-order valence-corrected chi connectivity index (χ0v) is 14.0. The molecule has 108 valence electrons. The van der Waals surface area contributed by atoms with Crippen LogP contribution in [0.15, 0.2) is 12.1 Å². The van der Waals surface area contributed by atoms with Crippen molar-refractivity contribution in [3.63, 3.8) is 0 Å². The highest BCUT2D eigenvalue weighted by molar-refractivity contribution is 7.99. The average Bonchev–Trinajstić information content (AvgIpc) is 2.78. The summed E-state index contributed by atoms with van der Waals surface area (Å²) < 4.78 is 2.21. The number of thioether (sulfide) groups is 1. The van der Waals surface area contributed by atoms with Gasteiger partial charge in [-0.2, -0.15) is 11.8 Å². The van der Waals surface area contributed by atoms with Gasteiger partial charge < -0.3 is 4.57 Å². The van der Waals surface area contributed by atoms with E-state index in [2.05, 4.69) is 9.55 Å². The van der Waals surface area contributed by atoms with Gasteiger partial charge in [0, 0.05) is 6.54 Å². The Bertz CT molecular complexity index is 620. The van der Waals surface area contributed by atoms with E-state index >= 15 is 0 Å². The Labute approximate surface area is 137 Å². The number of halogens is 3. The number of imidazole rings is 1. The van der Waals surface area contributed by atoms with Gasteiger partial charge in [0.1, 0.15) is 5.82 Å². The summed E-state index contributed by atoms with van der Waals surface area (Å²) in [5.41, 5.74) is 1.91. The lowest BCUT2D eigenvalue weighted by atomic mass is 10.0. The van der Waals surface area contributed by atoms with Gasteiger partial charge in [-0.05, 0) is 42.4 Å². The Kier molecular flexibility index (Phi) is 4.71. The number of hydrogen-bond donors (Lipinski definition) is 0. The van der Waals surface area contributed by atoms with Crippen molar-refractivity contribution in [2.45, 2.75) is 25.3 Å². The van der Waals surface area contributed by atoms with Crippen molar-refractivity contribution in [3.05, 3.63) is 28.0 Å². The zero-order chi connectivity index (χ0) is 14.1. The molecular weight excluding hydrogens is 335 g/mol. The molecule has 1 saturated heterocycles. The van der Waals surface area contributed by atoms with Crippen molar-refractivity contribution in [3.8, 4) is 0 Å². The number of hydrogen-bond acceptors (Lipinski definition) is 2. The lowest BCUT2D eigenvalue weighted by Crippen LogP contribution is -2.17. The Balaban J connectivity index is 2.00. The summed E-state index contributed by atoms with van der Waals surface area (Å²) in [6.45, 7) is 0.969. The van der Waals surface area contributed by atoms with Crippen LogP contribution >= 0.6 is 46.6 Å². The molecule has 0 saturated carbocycles. The lowest BCUT2D eigenvalue weighted by Gasteiger charge is -2.22. The smallest absolute Gasteiger partial charge is 0.124 e. The third-order valence-corrected chi connectivity index (χ3v) is 5.78. The summed E-state index contributed by atoms with van der Waals surface area (Å²) in [4.78, 5) is 4.58. The van der Waals surface area contributed by atoms with E-state index in [4.69, 9.17) is 34.8 Å². The number of benzene rings is 1. The number of alkyl halides is 1. The molecule has 0 amide bonds. The molecule has 6 heteroatoms. The van der Waals surface area contributed by atoms with Gasteiger partial charge in [0.15, 0.2) is 0 Å². The maximum absolute atomic E-state index is 6.15. The second-order valence-corrected chi connectivity index (χ2v) is 7.39.